The Labute approximate surface area is 72.8 Å². The van der Waals surface area contributed by atoms with Gasteiger partial charge in [-0.2, -0.15) is 0 Å². The van der Waals surface area contributed by atoms with E-state index in [-0.39, 0.29) is 6.04 Å². The van der Waals surface area contributed by atoms with Gasteiger partial charge in [-0.25, -0.2) is 13.1 Å². The van der Waals surface area contributed by atoms with Gasteiger partial charge in [0, 0.05) is 19.1 Å². The van der Waals surface area contributed by atoms with Gasteiger partial charge < -0.3 is 5.32 Å². The van der Waals surface area contributed by atoms with Crippen molar-refractivity contribution >= 4 is 10.0 Å². The third kappa shape index (κ3) is 1.26. The Kier molecular flexibility index (Phi) is 1.72. The third-order valence-corrected chi connectivity index (χ3v) is 5.06. The zero-order chi connectivity index (χ0) is 8.82. The average Bonchev–Trinajstić information content (AvgIpc) is 2.61. The van der Waals surface area contributed by atoms with E-state index in [0.717, 1.165) is 25.9 Å². The van der Waals surface area contributed by atoms with Crippen LogP contribution in [0.2, 0.25) is 0 Å². The highest BCUT2D eigenvalue weighted by molar-refractivity contribution is 7.91. The molecule has 0 radical (unpaired) electrons. The molecule has 2 aliphatic rings. The van der Waals surface area contributed by atoms with Crippen LogP contribution < -0.4 is 10.0 Å². The molecule has 0 bridgehead atoms. The standard InChI is InChI=1S/C7H14N2O2S/c1-7(2-3-7)12(10,11)9-6-4-8-5-6/h6,8-9H,2-5H2,1H3. The Morgan fingerprint density at radius 1 is 1.42 bits per heavy atom. The highest BCUT2D eigenvalue weighted by Gasteiger charge is 2.50. The van der Waals surface area contributed by atoms with E-state index in [9.17, 15) is 8.42 Å². The maximum Gasteiger partial charge on any atom is 0.217 e. The molecular weight excluding hydrogens is 176 g/mol. The van der Waals surface area contributed by atoms with Gasteiger partial charge in [0.05, 0.1) is 4.75 Å². The van der Waals surface area contributed by atoms with Crippen molar-refractivity contribution < 1.29 is 8.42 Å². The lowest BCUT2D eigenvalue weighted by atomic mass is 10.2. The average molecular weight is 190 g/mol. The molecule has 0 unspecified atom stereocenters. The van der Waals surface area contributed by atoms with E-state index in [4.69, 9.17) is 0 Å². The summed E-state index contributed by atoms with van der Waals surface area (Å²) in [5.41, 5.74) is 0. The van der Waals surface area contributed by atoms with Gasteiger partial charge in [0.1, 0.15) is 0 Å². The summed E-state index contributed by atoms with van der Waals surface area (Å²) in [5.74, 6) is 0. The van der Waals surface area contributed by atoms with Gasteiger partial charge in [-0.1, -0.05) is 0 Å². The van der Waals surface area contributed by atoms with Gasteiger partial charge in [-0.3, -0.25) is 0 Å². The second-order valence-corrected chi connectivity index (χ2v) is 6.15. The summed E-state index contributed by atoms with van der Waals surface area (Å²) in [6.45, 7) is 3.35. The predicted octanol–water partition coefficient (Wildman–Crippen LogP) is -0.570. The third-order valence-electron chi connectivity index (χ3n) is 2.71. The minimum absolute atomic E-state index is 0.132. The molecule has 2 N–H and O–H groups in total. The molecule has 4 nitrogen and oxygen atoms in total. The van der Waals surface area contributed by atoms with Crippen molar-refractivity contribution in [1.29, 1.82) is 0 Å². The molecule has 2 rings (SSSR count). The fourth-order valence-electron chi connectivity index (χ4n) is 1.18. The van der Waals surface area contributed by atoms with E-state index in [1.54, 1.807) is 6.92 Å². The number of sulfonamides is 1. The summed E-state index contributed by atoms with van der Waals surface area (Å²) >= 11 is 0. The molecule has 1 saturated heterocycles. The molecule has 1 aliphatic carbocycles. The van der Waals surface area contributed by atoms with Crippen LogP contribution in [0.5, 0.6) is 0 Å². The highest BCUT2D eigenvalue weighted by atomic mass is 32.2. The van der Waals surface area contributed by atoms with Crippen LogP contribution in [0.25, 0.3) is 0 Å². The summed E-state index contributed by atoms with van der Waals surface area (Å²) < 4.78 is 25.4. The van der Waals surface area contributed by atoms with Crippen molar-refractivity contribution in [3.8, 4) is 0 Å². The van der Waals surface area contributed by atoms with Crippen LogP contribution >= 0.6 is 0 Å². The molecule has 0 atom stereocenters. The molecule has 1 aliphatic heterocycles. The van der Waals surface area contributed by atoms with Crippen LogP contribution in [-0.2, 0) is 10.0 Å². The predicted molar refractivity (Wildman–Crippen MR) is 46.4 cm³/mol. The fourth-order valence-corrected chi connectivity index (χ4v) is 2.71. The molecule has 2 fully saturated rings. The van der Waals surface area contributed by atoms with Crippen molar-refractivity contribution in [3.05, 3.63) is 0 Å². The van der Waals surface area contributed by atoms with E-state index in [1.165, 1.54) is 0 Å². The second-order valence-electron chi connectivity index (χ2n) is 3.93. The SMILES string of the molecule is CC1(S(=O)(=O)NC2CNC2)CC1. The molecule has 0 amide bonds. The Morgan fingerprint density at radius 2 is 2.00 bits per heavy atom. The molecule has 70 valence electrons. The van der Waals surface area contributed by atoms with Gasteiger partial charge in [-0.05, 0) is 19.8 Å². The lowest BCUT2D eigenvalue weighted by Gasteiger charge is -2.29. The largest absolute Gasteiger partial charge is 0.313 e. The maximum atomic E-state index is 11.6. The summed E-state index contributed by atoms with van der Waals surface area (Å²) in [6, 6.07) is 0.132. The number of hydrogen-bond acceptors (Lipinski definition) is 3. The first-order valence-electron chi connectivity index (χ1n) is 4.26. The van der Waals surface area contributed by atoms with Crippen molar-refractivity contribution in [2.75, 3.05) is 13.1 Å². The topological polar surface area (TPSA) is 58.2 Å². The van der Waals surface area contributed by atoms with Crippen LogP contribution in [-0.4, -0.2) is 32.3 Å². The van der Waals surface area contributed by atoms with Crippen molar-refractivity contribution in [2.24, 2.45) is 0 Å². The first-order valence-corrected chi connectivity index (χ1v) is 5.74. The molecule has 1 saturated carbocycles. The van der Waals surface area contributed by atoms with E-state index < -0.39 is 14.8 Å². The fraction of sp³-hybridized carbons (Fsp3) is 1.00. The summed E-state index contributed by atoms with van der Waals surface area (Å²) in [7, 11) is -3.04. The smallest absolute Gasteiger partial charge is 0.217 e. The number of hydrogen-bond donors (Lipinski definition) is 2. The Bertz CT molecular complexity index is 278. The zero-order valence-electron chi connectivity index (χ0n) is 7.13. The lowest BCUT2D eigenvalue weighted by Crippen LogP contribution is -2.58. The van der Waals surface area contributed by atoms with Gasteiger partial charge >= 0.3 is 0 Å². The molecule has 0 aromatic rings. The first kappa shape index (κ1) is 8.47. The van der Waals surface area contributed by atoms with Crippen molar-refractivity contribution in [1.82, 2.24) is 10.0 Å². The highest BCUT2D eigenvalue weighted by Crippen LogP contribution is 2.42. The number of nitrogens with one attached hydrogen (secondary N) is 2. The Morgan fingerprint density at radius 3 is 2.33 bits per heavy atom. The molecular formula is C7H14N2O2S. The van der Waals surface area contributed by atoms with Gasteiger partial charge in [-0.15, -0.1) is 0 Å². The molecule has 1 heterocycles. The maximum absolute atomic E-state index is 11.6. The van der Waals surface area contributed by atoms with Crippen LogP contribution in [0.1, 0.15) is 19.8 Å². The zero-order valence-corrected chi connectivity index (χ0v) is 7.95. The molecule has 0 spiro atoms. The van der Waals surface area contributed by atoms with Crippen LogP contribution in [0.4, 0.5) is 0 Å². The van der Waals surface area contributed by atoms with Gasteiger partial charge in [0.15, 0.2) is 0 Å². The number of rotatable bonds is 3. The van der Waals surface area contributed by atoms with Crippen molar-refractivity contribution in [2.45, 2.75) is 30.6 Å². The minimum atomic E-state index is -3.04. The normalized spacial score (nSPS) is 28.1. The Balaban J connectivity index is 2.01. The van der Waals surface area contributed by atoms with E-state index in [2.05, 4.69) is 10.0 Å². The summed E-state index contributed by atoms with van der Waals surface area (Å²) in [4.78, 5) is 0. The molecule has 5 heteroatoms. The van der Waals surface area contributed by atoms with Gasteiger partial charge in [0.2, 0.25) is 10.0 Å². The van der Waals surface area contributed by atoms with Crippen LogP contribution in [0.15, 0.2) is 0 Å². The molecule has 0 aromatic carbocycles. The quantitative estimate of drug-likeness (QED) is 0.626. The van der Waals surface area contributed by atoms with E-state index >= 15 is 0 Å². The van der Waals surface area contributed by atoms with E-state index in [0.29, 0.717) is 0 Å². The molecule has 12 heavy (non-hydrogen) atoms. The van der Waals surface area contributed by atoms with Crippen LogP contribution in [0, 0.1) is 0 Å². The summed E-state index contributed by atoms with van der Waals surface area (Å²) in [5, 5.41) is 3.03. The van der Waals surface area contributed by atoms with Crippen molar-refractivity contribution in [3.63, 3.8) is 0 Å². The lowest BCUT2D eigenvalue weighted by molar-refractivity contribution is 0.408. The van der Waals surface area contributed by atoms with E-state index in [1.807, 2.05) is 0 Å². The monoisotopic (exact) mass is 190 g/mol. The summed E-state index contributed by atoms with van der Waals surface area (Å²) in [6.07, 6.45) is 1.62. The second kappa shape index (κ2) is 2.43. The molecule has 0 aromatic heterocycles. The minimum Gasteiger partial charge on any atom is -0.313 e. The Hall–Kier alpha value is -0.130. The van der Waals surface area contributed by atoms with Crippen LogP contribution in [0.3, 0.4) is 0 Å². The first-order chi connectivity index (χ1) is 5.54. The van der Waals surface area contributed by atoms with Gasteiger partial charge in [0.25, 0.3) is 0 Å².